The summed E-state index contributed by atoms with van der Waals surface area (Å²) < 4.78 is 4.46. The first-order chi connectivity index (χ1) is 29.2. The van der Waals surface area contributed by atoms with Gasteiger partial charge in [0.2, 0.25) is 6.71 Å². The molecular weight excluding hydrogens is 719 g/mol. The molecule has 3 aromatic heterocycles. The van der Waals surface area contributed by atoms with Gasteiger partial charge in [-0.25, -0.2) is 9.67 Å². The normalized spacial score (nSPS) is 12.4. The fraction of sp³-hybridized carbons (Fsp3) is 0.0385. The van der Waals surface area contributed by atoms with Gasteiger partial charge in [-0.2, -0.15) is 5.10 Å². The van der Waals surface area contributed by atoms with Crippen LogP contribution in [-0.2, 0) is 0 Å². The zero-order chi connectivity index (χ0) is 39.3. The third-order valence-corrected chi connectivity index (χ3v) is 11.7. The second-order valence-corrected chi connectivity index (χ2v) is 15.2. The molecule has 1 aliphatic heterocycles. The standard InChI is InChI=1S/C52H39BN6/c1-56-36-57(48-32-14-13-31-47(48)56)42-26-15-22-39(34-42)53(40-23-16-27-43(35-40)58-46-30-12-11-28-44(46)45-29-17-33-54-52(45)58)49-50(37-18-5-2-6-19-37)55-59(41-24-9-4-10-25-41)51(49)38-20-7-3-8-21-38/h2-35H,36H2,1H3. The molecule has 0 N–H and O–H groups in total. The number of pyridine rings is 1. The average Bonchev–Trinajstić information content (AvgIpc) is 3.98. The van der Waals surface area contributed by atoms with Crippen molar-refractivity contribution in [2.24, 2.45) is 0 Å². The zero-order valence-electron chi connectivity index (χ0n) is 32.6. The summed E-state index contributed by atoms with van der Waals surface area (Å²) in [6.07, 6.45) is 1.89. The van der Waals surface area contributed by atoms with Crippen LogP contribution in [0, 0.1) is 0 Å². The Morgan fingerprint density at radius 3 is 1.86 bits per heavy atom. The van der Waals surface area contributed by atoms with Crippen molar-refractivity contribution in [3.05, 3.63) is 206 Å². The van der Waals surface area contributed by atoms with E-state index in [1.165, 1.54) is 22.2 Å². The van der Waals surface area contributed by atoms with E-state index in [1.54, 1.807) is 0 Å². The summed E-state index contributed by atoms with van der Waals surface area (Å²) >= 11 is 0. The first-order valence-electron chi connectivity index (χ1n) is 20.1. The number of fused-ring (bicyclic) bond motifs is 4. The van der Waals surface area contributed by atoms with Crippen LogP contribution in [0.2, 0.25) is 0 Å². The van der Waals surface area contributed by atoms with Crippen LogP contribution in [-0.4, -0.2) is 39.8 Å². The van der Waals surface area contributed by atoms with Crippen molar-refractivity contribution in [1.29, 1.82) is 0 Å². The van der Waals surface area contributed by atoms with E-state index in [2.05, 4.69) is 220 Å². The van der Waals surface area contributed by atoms with Gasteiger partial charge in [0.1, 0.15) is 5.65 Å². The molecule has 0 spiro atoms. The van der Waals surface area contributed by atoms with Crippen LogP contribution in [0.3, 0.4) is 0 Å². The van der Waals surface area contributed by atoms with E-state index in [1.807, 2.05) is 12.3 Å². The SMILES string of the molecule is CN1CN(c2cccc(B(c3cccc(-n4c5ccccc5c5cccnc54)c3)c3c(-c4ccccc4)nn(-c4ccccc4)c3-c3ccccc3)c2)c2ccccc21. The molecule has 10 aromatic rings. The number of hydrogen-bond acceptors (Lipinski definition) is 4. The zero-order valence-corrected chi connectivity index (χ0v) is 32.6. The number of aromatic nitrogens is 4. The van der Waals surface area contributed by atoms with Gasteiger partial charge in [-0.05, 0) is 77.8 Å². The Kier molecular flexibility index (Phi) is 8.44. The van der Waals surface area contributed by atoms with Crippen LogP contribution >= 0.6 is 0 Å². The summed E-state index contributed by atoms with van der Waals surface area (Å²) in [6, 6.07) is 71.6. The molecular formula is C52H39BN6. The fourth-order valence-corrected chi connectivity index (χ4v) is 9.04. The minimum atomic E-state index is -0.227. The first-order valence-corrected chi connectivity index (χ1v) is 20.1. The first kappa shape index (κ1) is 34.6. The average molecular weight is 759 g/mol. The minimum absolute atomic E-state index is 0.227. The fourth-order valence-electron chi connectivity index (χ4n) is 9.04. The number of rotatable bonds is 8. The number of benzene rings is 7. The van der Waals surface area contributed by atoms with E-state index in [9.17, 15) is 0 Å². The van der Waals surface area contributed by atoms with Crippen LogP contribution in [0.25, 0.3) is 55.8 Å². The van der Waals surface area contributed by atoms with Crippen LogP contribution in [0.4, 0.5) is 17.1 Å². The largest absolute Gasteiger partial charge is 0.355 e. The van der Waals surface area contributed by atoms with Gasteiger partial charge < -0.3 is 9.80 Å². The summed E-state index contributed by atoms with van der Waals surface area (Å²) in [5, 5.41) is 7.90. The molecule has 0 unspecified atom stereocenters. The lowest BCUT2D eigenvalue weighted by Gasteiger charge is -2.23. The molecule has 280 valence electrons. The summed E-state index contributed by atoms with van der Waals surface area (Å²) in [5.74, 6) is 0. The van der Waals surface area contributed by atoms with Gasteiger partial charge >= 0.3 is 0 Å². The monoisotopic (exact) mass is 758 g/mol. The second-order valence-electron chi connectivity index (χ2n) is 15.2. The van der Waals surface area contributed by atoms with E-state index in [-0.39, 0.29) is 6.71 Å². The van der Waals surface area contributed by atoms with Gasteiger partial charge in [0.05, 0.1) is 40.6 Å². The number of nitrogens with zero attached hydrogens (tertiary/aromatic N) is 6. The highest BCUT2D eigenvalue weighted by Crippen LogP contribution is 2.39. The molecule has 6 nitrogen and oxygen atoms in total. The lowest BCUT2D eigenvalue weighted by molar-refractivity contribution is 0.892. The van der Waals surface area contributed by atoms with Crippen molar-refractivity contribution in [3.8, 4) is 33.9 Å². The molecule has 0 radical (unpaired) electrons. The van der Waals surface area contributed by atoms with Crippen molar-refractivity contribution >= 4 is 62.1 Å². The Bertz CT molecular complexity index is 3070. The van der Waals surface area contributed by atoms with Gasteiger partial charge in [-0.3, -0.25) is 4.57 Å². The predicted octanol–water partition coefficient (Wildman–Crippen LogP) is 9.76. The molecule has 59 heavy (non-hydrogen) atoms. The maximum absolute atomic E-state index is 5.58. The molecule has 7 heteroatoms. The highest BCUT2D eigenvalue weighted by Gasteiger charge is 2.34. The summed E-state index contributed by atoms with van der Waals surface area (Å²) in [6.45, 7) is 0.537. The molecule has 7 aromatic carbocycles. The van der Waals surface area contributed by atoms with Crippen LogP contribution in [0.15, 0.2) is 206 Å². The van der Waals surface area contributed by atoms with Gasteiger partial charge in [0, 0.05) is 41.0 Å². The lowest BCUT2D eigenvalue weighted by Crippen LogP contribution is -2.53. The molecule has 0 atom stereocenters. The van der Waals surface area contributed by atoms with Crippen LogP contribution in [0.1, 0.15) is 0 Å². The Morgan fingerprint density at radius 2 is 1.10 bits per heavy atom. The Labute approximate surface area is 344 Å². The predicted molar refractivity (Wildman–Crippen MR) is 246 cm³/mol. The van der Waals surface area contributed by atoms with Crippen molar-refractivity contribution in [2.75, 3.05) is 23.5 Å². The molecule has 0 saturated heterocycles. The molecule has 11 rings (SSSR count). The molecule has 0 fully saturated rings. The molecule has 4 heterocycles. The molecule has 1 aliphatic rings. The number of anilines is 3. The van der Waals surface area contributed by atoms with Gasteiger partial charge in [-0.1, -0.05) is 144 Å². The van der Waals surface area contributed by atoms with Gasteiger partial charge in [0.25, 0.3) is 0 Å². The second kappa shape index (κ2) is 14.4. The van der Waals surface area contributed by atoms with Crippen molar-refractivity contribution in [1.82, 2.24) is 19.3 Å². The van der Waals surface area contributed by atoms with Crippen LogP contribution in [0.5, 0.6) is 0 Å². The van der Waals surface area contributed by atoms with Crippen LogP contribution < -0.4 is 26.2 Å². The maximum Gasteiger partial charge on any atom is 0.247 e. The van der Waals surface area contributed by atoms with E-state index in [4.69, 9.17) is 10.1 Å². The summed E-state index contributed by atoms with van der Waals surface area (Å²) in [4.78, 5) is 9.68. The van der Waals surface area contributed by atoms with E-state index in [0.29, 0.717) is 0 Å². The van der Waals surface area contributed by atoms with Crippen molar-refractivity contribution in [3.63, 3.8) is 0 Å². The smallest absolute Gasteiger partial charge is 0.247 e. The molecule has 0 amide bonds. The maximum atomic E-state index is 5.58. The third-order valence-electron chi connectivity index (χ3n) is 11.7. The van der Waals surface area contributed by atoms with E-state index >= 15 is 0 Å². The van der Waals surface area contributed by atoms with Crippen molar-refractivity contribution < 1.29 is 0 Å². The summed E-state index contributed by atoms with van der Waals surface area (Å²) in [7, 11) is 2.16. The quantitative estimate of drug-likeness (QED) is 0.145. The minimum Gasteiger partial charge on any atom is -0.355 e. The lowest BCUT2D eigenvalue weighted by atomic mass is 9.36. The Morgan fingerprint density at radius 1 is 0.508 bits per heavy atom. The molecule has 0 saturated carbocycles. The van der Waals surface area contributed by atoms with Gasteiger partial charge in [0.15, 0.2) is 0 Å². The highest BCUT2D eigenvalue weighted by atomic mass is 15.4. The number of para-hydroxylation sites is 4. The van der Waals surface area contributed by atoms with Gasteiger partial charge in [-0.15, -0.1) is 0 Å². The summed E-state index contributed by atoms with van der Waals surface area (Å²) in [5.41, 5.74) is 15.3. The van der Waals surface area contributed by atoms with E-state index in [0.717, 1.165) is 73.7 Å². The Balaban J connectivity index is 1.21. The molecule has 0 bridgehead atoms. The third kappa shape index (κ3) is 5.90. The highest BCUT2D eigenvalue weighted by molar-refractivity contribution is 6.97. The Hall–Kier alpha value is -7.64. The van der Waals surface area contributed by atoms with Crippen molar-refractivity contribution in [2.45, 2.75) is 0 Å². The topological polar surface area (TPSA) is 42.1 Å². The molecule has 0 aliphatic carbocycles. The van der Waals surface area contributed by atoms with E-state index < -0.39 is 0 Å². The number of hydrogen-bond donors (Lipinski definition) is 0.